The topological polar surface area (TPSA) is 33.5 Å². The van der Waals surface area contributed by atoms with Crippen LogP contribution < -0.4 is 10.2 Å². The minimum atomic E-state index is 0.115. The van der Waals surface area contributed by atoms with Gasteiger partial charge in [0.15, 0.2) is 6.54 Å². The van der Waals surface area contributed by atoms with Crippen molar-refractivity contribution < 1.29 is 9.69 Å². The fourth-order valence-electron chi connectivity index (χ4n) is 2.68. The molecule has 0 saturated carbocycles. The smallest absolute Gasteiger partial charge is 0.275 e. The molecule has 0 radical (unpaired) electrons. The lowest BCUT2D eigenvalue weighted by Gasteiger charge is -2.27. The van der Waals surface area contributed by atoms with Crippen LogP contribution >= 0.6 is 11.6 Å². The molecule has 1 aromatic rings. The molecule has 0 aromatic heterocycles. The Morgan fingerprint density at radius 3 is 3.00 bits per heavy atom. The third-order valence-electron chi connectivity index (χ3n) is 3.71. The standard InChI is InChI=1S/C15H21ClN2O/c1-12-5-4-8-18(10-12)11-15(19)17-9-13-6-2-3-7-14(13)16/h2-3,6-7,12H,4-5,8-11H2,1H3,(H,17,19)/p+1/t12-/m1/s1. The van der Waals surface area contributed by atoms with Gasteiger partial charge in [0.05, 0.1) is 13.1 Å². The second-order valence-electron chi connectivity index (χ2n) is 5.50. The van der Waals surface area contributed by atoms with Gasteiger partial charge in [0.2, 0.25) is 0 Å². The highest BCUT2D eigenvalue weighted by atomic mass is 35.5. The zero-order valence-corrected chi connectivity index (χ0v) is 12.2. The molecule has 1 aliphatic heterocycles. The van der Waals surface area contributed by atoms with E-state index in [0.717, 1.165) is 24.6 Å². The molecule has 1 aliphatic rings. The van der Waals surface area contributed by atoms with Gasteiger partial charge in [-0.3, -0.25) is 4.79 Å². The van der Waals surface area contributed by atoms with Crippen molar-refractivity contribution in [2.75, 3.05) is 19.6 Å². The predicted octanol–water partition coefficient (Wildman–Crippen LogP) is 1.27. The summed E-state index contributed by atoms with van der Waals surface area (Å²) in [4.78, 5) is 13.3. The van der Waals surface area contributed by atoms with Gasteiger partial charge in [-0.25, -0.2) is 0 Å². The van der Waals surface area contributed by atoms with Crippen LogP contribution in [0.4, 0.5) is 0 Å². The van der Waals surface area contributed by atoms with Crippen molar-refractivity contribution in [1.82, 2.24) is 5.32 Å². The summed E-state index contributed by atoms with van der Waals surface area (Å²) in [6, 6.07) is 7.62. The quantitative estimate of drug-likeness (QED) is 0.856. The number of quaternary nitrogens is 1. The highest BCUT2D eigenvalue weighted by molar-refractivity contribution is 6.31. The third kappa shape index (κ3) is 4.51. The number of halogens is 1. The maximum Gasteiger partial charge on any atom is 0.275 e. The van der Waals surface area contributed by atoms with Crippen LogP contribution in [-0.2, 0) is 11.3 Å². The molecule has 2 N–H and O–H groups in total. The minimum absolute atomic E-state index is 0.115. The lowest BCUT2D eigenvalue weighted by molar-refractivity contribution is -0.900. The first kappa shape index (κ1) is 14.4. The molecule has 3 nitrogen and oxygen atoms in total. The van der Waals surface area contributed by atoms with Crippen LogP contribution in [0.15, 0.2) is 24.3 Å². The Morgan fingerprint density at radius 1 is 1.47 bits per heavy atom. The molecular formula is C15H22ClN2O+. The first-order valence-electron chi connectivity index (χ1n) is 6.99. The van der Waals surface area contributed by atoms with E-state index in [9.17, 15) is 4.79 Å². The molecule has 1 saturated heterocycles. The monoisotopic (exact) mass is 281 g/mol. The summed E-state index contributed by atoms with van der Waals surface area (Å²) in [5, 5.41) is 3.67. The van der Waals surface area contributed by atoms with Crippen molar-refractivity contribution in [3.05, 3.63) is 34.9 Å². The second-order valence-corrected chi connectivity index (χ2v) is 5.90. The van der Waals surface area contributed by atoms with Crippen molar-refractivity contribution in [3.8, 4) is 0 Å². The summed E-state index contributed by atoms with van der Waals surface area (Å²) in [7, 11) is 0. The van der Waals surface area contributed by atoms with Crippen molar-refractivity contribution in [2.24, 2.45) is 5.92 Å². The molecule has 1 aromatic carbocycles. The Morgan fingerprint density at radius 2 is 2.26 bits per heavy atom. The lowest BCUT2D eigenvalue weighted by Crippen LogP contribution is -3.14. The fourth-order valence-corrected chi connectivity index (χ4v) is 2.89. The molecule has 0 spiro atoms. The number of amides is 1. The first-order chi connectivity index (χ1) is 9.15. The van der Waals surface area contributed by atoms with Gasteiger partial charge < -0.3 is 10.2 Å². The Kier molecular flexibility index (Phi) is 5.23. The second kappa shape index (κ2) is 6.92. The van der Waals surface area contributed by atoms with E-state index < -0.39 is 0 Å². The summed E-state index contributed by atoms with van der Waals surface area (Å²) < 4.78 is 0. The molecular weight excluding hydrogens is 260 g/mol. The molecule has 2 rings (SSSR count). The van der Waals surface area contributed by atoms with E-state index >= 15 is 0 Å². The lowest BCUT2D eigenvalue weighted by atomic mass is 10.0. The van der Waals surface area contributed by atoms with E-state index in [0.29, 0.717) is 18.1 Å². The molecule has 4 heteroatoms. The minimum Gasteiger partial charge on any atom is -0.347 e. The average Bonchev–Trinajstić information content (AvgIpc) is 2.38. The number of benzene rings is 1. The Bertz CT molecular complexity index is 436. The first-order valence-corrected chi connectivity index (χ1v) is 7.36. The normalized spacial score (nSPS) is 23.1. The highest BCUT2D eigenvalue weighted by Crippen LogP contribution is 2.14. The van der Waals surface area contributed by atoms with Gasteiger partial charge in [0.25, 0.3) is 5.91 Å². The molecule has 0 aliphatic carbocycles. The van der Waals surface area contributed by atoms with Crippen LogP contribution in [0.3, 0.4) is 0 Å². The molecule has 1 heterocycles. The summed E-state index contributed by atoms with van der Waals surface area (Å²) in [5.41, 5.74) is 0.972. The number of likely N-dealkylation sites (tertiary alicyclic amines) is 1. The Hall–Kier alpha value is -1.06. The zero-order chi connectivity index (χ0) is 13.7. The van der Waals surface area contributed by atoms with Crippen LogP contribution in [0.1, 0.15) is 25.3 Å². The predicted molar refractivity (Wildman–Crippen MR) is 77.3 cm³/mol. The van der Waals surface area contributed by atoms with Gasteiger partial charge in [-0.2, -0.15) is 0 Å². The Balaban J connectivity index is 1.77. The molecule has 1 fully saturated rings. The largest absolute Gasteiger partial charge is 0.347 e. The van der Waals surface area contributed by atoms with Crippen LogP contribution in [0.25, 0.3) is 0 Å². The maximum atomic E-state index is 11.9. The summed E-state index contributed by atoms with van der Waals surface area (Å²) in [6.45, 7) is 5.58. The van der Waals surface area contributed by atoms with E-state index in [1.165, 1.54) is 17.7 Å². The third-order valence-corrected chi connectivity index (χ3v) is 4.08. The van der Waals surface area contributed by atoms with Crippen LogP contribution in [0.5, 0.6) is 0 Å². The molecule has 1 unspecified atom stereocenters. The van der Waals surface area contributed by atoms with E-state index in [2.05, 4.69) is 12.2 Å². The SMILES string of the molecule is C[C@@H]1CCC[NH+](CC(=O)NCc2ccccc2Cl)C1. The molecule has 2 atom stereocenters. The number of carbonyl (C=O) groups excluding carboxylic acids is 1. The molecule has 0 bridgehead atoms. The van der Waals surface area contributed by atoms with Gasteiger partial charge in [-0.1, -0.05) is 36.7 Å². The summed E-state index contributed by atoms with van der Waals surface area (Å²) >= 11 is 6.06. The van der Waals surface area contributed by atoms with Crippen LogP contribution in [0.2, 0.25) is 5.02 Å². The van der Waals surface area contributed by atoms with Crippen molar-refractivity contribution in [2.45, 2.75) is 26.3 Å². The van der Waals surface area contributed by atoms with Crippen molar-refractivity contribution in [3.63, 3.8) is 0 Å². The van der Waals surface area contributed by atoms with Gasteiger partial charge >= 0.3 is 0 Å². The summed E-state index contributed by atoms with van der Waals surface area (Å²) in [6.07, 6.45) is 2.53. The maximum absolute atomic E-state index is 11.9. The van der Waals surface area contributed by atoms with Gasteiger partial charge in [-0.05, 0) is 24.5 Å². The van der Waals surface area contributed by atoms with E-state index in [4.69, 9.17) is 11.6 Å². The van der Waals surface area contributed by atoms with Gasteiger partial charge in [0.1, 0.15) is 0 Å². The van der Waals surface area contributed by atoms with E-state index in [-0.39, 0.29) is 5.91 Å². The molecule has 19 heavy (non-hydrogen) atoms. The fraction of sp³-hybridized carbons (Fsp3) is 0.533. The van der Waals surface area contributed by atoms with E-state index in [1.54, 1.807) is 0 Å². The highest BCUT2D eigenvalue weighted by Gasteiger charge is 2.21. The van der Waals surface area contributed by atoms with E-state index in [1.807, 2.05) is 24.3 Å². The number of nitrogens with one attached hydrogen (secondary N) is 2. The summed E-state index contributed by atoms with van der Waals surface area (Å²) in [5.74, 6) is 0.851. The van der Waals surface area contributed by atoms with Gasteiger partial charge in [-0.15, -0.1) is 0 Å². The van der Waals surface area contributed by atoms with Crippen molar-refractivity contribution in [1.29, 1.82) is 0 Å². The van der Waals surface area contributed by atoms with Crippen molar-refractivity contribution >= 4 is 17.5 Å². The zero-order valence-electron chi connectivity index (χ0n) is 11.4. The number of rotatable bonds is 4. The van der Waals surface area contributed by atoms with Crippen LogP contribution in [-0.4, -0.2) is 25.5 Å². The average molecular weight is 282 g/mol. The molecule has 1 amide bonds. The molecule has 104 valence electrons. The van der Waals surface area contributed by atoms with Crippen LogP contribution in [0, 0.1) is 5.92 Å². The number of piperidine rings is 1. The number of carbonyl (C=O) groups is 1. The number of hydrogen-bond donors (Lipinski definition) is 2. The number of hydrogen-bond acceptors (Lipinski definition) is 1. The van der Waals surface area contributed by atoms with Gasteiger partial charge in [0, 0.05) is 17.5 Å². The Labute approximate surface area is 119 Å².